The van der Waals surface area contributed by atoms with Crippen molar-refractivity contribution < 1.29 is 4.79 Å². The van der Waals surface area contributed by atoms with E-state index in [0.717, 1.165) is 47.1 Å². The van der Waals surface area contributed by atoms with E-state index < -0.39 is 0 Å². The van der Waals surface area contributed by atoms with Crippen LogP contribution in [-0.4, -0.2) is 36.0 Å². The van der Waals surface area contributed by atoms with Crippen LogP contribution >= 0.6 is 11.8 Å². The summed E-state index contributed by atoms with van der Waals surface area (Å²) in [5.74, 6) is 1.31. The molecular weight excluding hydrogens is 384 g/mol. The van der Waals surface area contributed by atoms with Crippen LogP contribution in [0.5, 0.6) is 0 Å². The quantitative estimate of drug-likeness (QED) is 0.616. The van der Waals surface area contributed by atoms with Crippen molar-refractivity contribution in [3.8, 4) is 0 Å². The topological polar surface area (TPSA) is 77.6 Å². The van der Waals surface area contributed by atoms with Gasteiger partial charge in [-0.05, 0) is 31.9 Å². The molecule has 0 saturated heterocycles. The van der Waals surface area contributed by atoms with Crippen molar-refractivity contribution in [2.24, 2.45) is 7.05 Å². The molecule has 1 saturated carbocycles. The first-order chi connectivity index (χ1) is 14.0. The normalized spacial score (nSPS) is 16.2. The van der Waals surface area contributed by atoms with E-state index in [1.165, 1.54) is 31.0 Å². The first-order valence-corrected chi connectivity index (χ1v) is 11.3. The second kappa shape index (κ2) is 8.18. The summed E-state index contributed by atoms with van der Waals surface area (Å²) in [4.78, 5) is 17.0. The van der Waals surface area contributed by atoms with Gasteiger partial charge in [-0.3, -0.25) is 4.79 Å². The van der Waals surface area contributed by atoms with Crippen LogP contribution in [0.1, 0.15) is 51.8 Å². The van der Waals surface area contributed by atoms with Crippen LogP contribution in [0.3, 0.4) is 0 Å². The molecule has 1 aliphatic rings. The number of fused-ring (bicyclic) bond motifs is 1. The van der Waals surface area contributed by atoms with Crippen molar-refractivity contribution in [2.75, 3.05) is 11.1 Å². The average molecular weight is 413 g/mol. The largest absolute Gasteiger partial charge is 0.332 e. The Hall–Kier alpha value is -2.35. The summed E-state index contributed by atoms with van der Waals surface area (Å²) in [7, 11) is 1.93. The minimum Gasteiger partial charge on any atom is -0.332 e. The Morgan fingerprint density at radius 2 is 2.03 bits per heavy atom. The standard InChI is InChI=1S/C21H28N6OS/c1-4-27-19(21(2)11-6-5-7-12-21)24-25-20(27)29-13-17(28)23-16-10-8-9-15-18(16)26(3)14-22-15/h8-10,14H,4-7,11-13H2,1-3H3,(H,23,28). The van der Waals surface area contributed by atoms with Gasteiger partial charge >= 0.3 is 0 Å². The van der Waals surface area contributed by atoms with E-state index >= 15 is 0 Å². The number of hydrogen-bond donors (Lipinski definition) is 1. The number of carbonyl (C=O) groups is 1. The van der Waals surface area contributed by atoms with Crippen molar-refractivity contribution in [3.63, 3.8) is 0 Å². The number of imidazole rings is 1. The smallest absolute Gasteiger partial charge is 0.234 e. The number of anilines is 1. The minimum atomic E-state index is -0.0558. The number of amides is 1. The molecule has 0 radical (unpaired) electrons. The molecule has 154 valence electrons. The van der Waals surface area contributed by atoms with Crippen LogP contribution < -0.4 is 5.32 Å². The molecule has 7 nitrogen and oxygen atoms in total. The molecule has 1 aromatic carbocycles. The Labute approximate surface area is 175 Å². The molecule has 0 aliphatic heterocycles. The van der Waals surface area contributed by atoms with E-state index in [1.54, 1.807) is 6.33 Å². The number of nitrogens with one attached hydrogen (secondary N) is 1. The van der Waals surface area contributed by atoms with E-state index in [2.05, 4.69) is 38.9 Å². The van der Waals surface area contributed by atoms with Gasteiger partial charge in [-0.25, -0.2) is 4.98 Å². The van der Waals surface area contributed by atoms with Crippen LogP contribution in [0.4, 0.5) is 5.69 Å². The Morgan fingerprint density at radius 3 is 2.79 bits per heavy atom. The summed E-state index contributed by atoms with van der Waals surface area (Å²) in [5.41, 5.74) is 2.67. The third kappa shape index (κ3) is 3.90. The van der Waals surface area contributed by atoms with Crippen LogP contribution in [-0.2, 0) is 23.8 Å². The molecule has 4 rings (SSSR count). The number of carbonyl (C=O) groups excluding carboxylic acids is 1. The van der Waals surface area contributed by atoms with Gasteiger partial charge in [0.1, 0.15) is 5.82 Å². The summed E-state index contributed by atoms with van der Waals surface area (Å²) in [5, 5.41) is 12.8. The Morgan fingerprint density at radius 1 is 1.24 bits per heavy atom. The van der Waals surface area contributed by atoms with Crippen molar-refractivity contribution in [3.05, 3.63) is 30.4 Å². The fourth-order valence-corrected chi connectivity index (χ4v) is 5.12. The van der Waals surface area contributed by atoms with Crippen LogP contribution in [0, 0.1) is 0 Å². The molecule has 8 heteroatoms. The highest BCUT2D eigenvalue weighted by Crippen LogP contribution is 2.39. The minimum absolute atomic E-state index is 0.0558. The van der Waals surface area contributed by atoms with E-state index in [1.807, 2.05) is 29.8 Å². The van der Waals surface area contributed by atoms with Crippen LogP contribution in [0.15, 0.2) is 29.7 Å². The lowest BCUT2D eigenvalue weighted by molar-refractivity contribution is -0.113. The number of benzene rings is 1. The Bertz CT molecular complexity index is 1020. The molecule has 1 N–H and O–H groups in total. The molecule has 1 fully saturated rings. The van der Waals surface area contributed by atoms with Gasteiger partial charge in [0.25, 0.3) is 0 Å². The molecule has 0 bridgehead atoms. The number of rotatable bonds is 6. The zero-order valence-corrected chi connectivity index (χ0v) is 18.1. The molecule has 2 heterocycles. The zero-order valence-electron chi connectivity index (χ0n) is 17.3. The van der Waals surface area contributed by atoms with Crippen molar-refractivity contribution in [1.29, 1.82) is 0 Å². The maximum Gasteiger partial charge on any atom is 0.234 e. The van der Waals surface area contributed by atoms with Gasteiger partial charge < -0.3 is 14.5 Å². The van der Waals surface area contributed by atoms with Crippen molar-refractivity contribution >= 4 is 34.4 Å². The maximum atomic E-state index is 12.6. The lowest BCUT2D eigenvalue weighted by Gasteiger charge is -2.32. The molecule has 0 unspecified atom stereocenters. The second-order valence-electron chi connectivity index (χ2n) is 8.04. The number of thioether (sulfide) groups is 1. The Balaban J connectivity index is 1.46. The number of para-hydroxylation sites is 1. The molecule has 1 amide bonds. The first kappa shape index (κ1) is 19.9. The lowest BCUT2D eigenvalue weighted by atomic mass is 9.75. The summed E-state index contributed by atoms with van der Waals surface area (Å²) in [6, 6.07) is 5.75. The van der Waals surface area contributed by atoms with Crippen LogP contribution in [0.25, 0.3) is 11.0 Å². The zero-order chi connectivity index (χ0) is 20.4. The second-order valence-corrected chi connectivity index (χ2v) is 8.98. The van der Waals surface area contributed by atoms with Gasteiger partial charge in [-0.1, -0.05) is 44.0 Å². The summed E-state index contributed by atoms with van der Waals surface area (Å²) < 4.78 is 4.11. The van der Waals surface area contributed by atoms with Gasteiger partial charge in [-0.15, -0.1) is 10.2 Å². The highest BCUT2D eigenvalue weighted by molar-refractivity contribution is 7.99. The van der Waals surface area contributed by atoms with Crippen molar-refractivity contribution in [2.45, 2.75) is 63.1 Å². The SMILES string of the molecule is CCn1c(SCC(=O)Nc2cccc3ncn(C)c23)nnc1C1(C)CCCCC1. The lowest BCUT2D eigenvalue weighted by Crippen LogP contribution is -2.29. The first-order valence-electron chi connectivity index (χ1n) is 10.3. The molecule has 29 heavy (non-hydrogen) atoms. The van der Waals surface area contributed by atoms with Gasteiger partial charge in [0, 0.05) is 19.0 Å². The van der Waals surface area contributed by atoms with Crippen LogP contribution in [0.2, 0.25) is 0 Å². The van der Waals surface area contributed by atoms with E-state index in [4.69, 9.17) is 0 Å². The van der Waals surface area contributed by atoms with E-state index in [-0.39, 0.29) is 11.3 Å². The predicted octanol–water partition coefficient (Wildman–Crippen LogP) is 4.14. The molecule has 3 aromatic rings. The number of nitrogens with zero attached hydrogens (tertiary/aromatic N) is 5. The molecule has 0 atom stereocenters. The summed E-state index contributed by atoms with van der Waals surface area (Å²) in [6.07, 6.45) is 7.87. The predicted molar refractivity (Wildman–Crippen MR) is 116 cm³/mol. The fourth-order valence-electron chi connectivity index (χ4n) is 4.31. The summed E-state index contributed by atoms with van der Waals surface area (Å²) in [6.45, 7) is 5.24. The number of aromatic nitrogens is 5. The molecule has 0 spiro atoms. The van der Waals surface area contributed by atoms with Crippen molar-refractivity contribution in [1.82, 2.24) is 24.3 Å². The molecular formula is C21H28N6OS. The van der Waals surface area contributed by atoms with E-state index in [0.29, 0.717) is 5.75 Å². The fraction of sp³-hybridized carbons (Fsp3) is 0.524. The van der Waals surface area contributed by atoms with E-state index in [9.17, 15) is 4.79 Å². The van der Waals surface area contributed by atoms with Gasteiger partial charge in [0.15, 0.2) is 5.16 Å². The summed E-state index contributed by atoms with van der Waals surface area (Å²) >= 11 is 1.45. The highest BCUT2D eigenvalue weighted by atomic mass is 32.2. The molecule has 1 aliphatic carbocycles. The van der Waals surface area contributed by atoms with Gasteiger partial charge in [-0.2, -0.15) is 0 Å². The molecule has 2 aromatic heterocycles. The third-order valence-corrected chi connectivity index (χ3v) is 6.84. The number of aryl methyl sites for hydroxylation is 1. The monoisotopic (exact) mass is 412 g/mol. The number of hydrogen-bond acceptors (Lipinski definition) is 5. The van der Waals surface area contributed by atoms with Gasteiger partial charge in [0.05, 0.1) is 28.8 Å². The van der Waals surface area contributed by atoms with Gasteiger partial charge in [0.2, 0.25) is 5.91 Å². The Kier molecular flexibility index (Phi) is 5.63. The highest BCUT2D eigenvalue weighted by Gasteiger charge is 2.34. The maximum absolute atomic E-state index is 12.6. The average Bonchev–Trinajstić information content (AvgIpc) is 3.31. The third-order valence-electron chi connectivity index (χ3n) is 5.87.